The van der Waals surface area contributed by atoms with E-state index in [1.807, 2.05) is 12.1 Å². The van der Waals surface area contributed by atoms with Crippen LogP contribution in [0.2, 0.25) is 0 Å². The van der Waals surface area contributed by atoms with E-state index in [1.165, 1.54) is 19.3 Å². The third-order valence-corrected chi connectivity index (χ3v) is 3.47. The molecule has 0 fully saturated rings. The minimum absolute atomic E-state index is 0.476. The predicted octanol–water partition coefficient (Wildman–Crippen LogP) is 3.87. The number of nitriles is 1. The molecule has 1 rings (SSSR count). The van der Waals surface area contributed by atoms with Crippen molar-refractivity contribution >= 4 is 0 Å². The molecule has 0 aromatic heterocycles. The summed E-state index contributed by atoms with van der Waals surface area (Å²) in [6.07, 6.45) is 3.71. The van der Waals surface area contributed by atoms with Crippen molar-refractivity contribution in [2.45, 2.75) is 52.6 Å². The molecule has 3 heteroatoms. The normalized spacial score (nSPS) is 12.2. The van der Waals surface area contributed by atoms with Crippen molar-refractivity contribution in [3.8, 4) is 11.8 Å². The molecule has 1 N–H and O–H groups in total. The standard InChI is InChI=1S/C17H26N2O/c1-13(2)6-5-7-14(3)19-12-16-10-15(11-18)8-9-17(16)20-4/h8-10,13-14,19H,5-7,12H2,1-4H3. The highest BCUT2D eigenvalue weighted by Crippen LogP contribution is 2.20. The first-order chi connectivity index (χ1) is 9.56. The molecule has 110 valence electrons. The van der Waals surface area contributed by atoms with E-state index >= 15 is 0 Å². The summed E-state index contributed by atoms with van der Waals surface area (Å²) in [6, 6.07) is 8.19. The summed E-state index contributed by atoms with van der Waals surface area (Å²) < 4.78 is 5.34. The van der Waals surface area contributed by atoms with Gasteiger partial charge in [-0.25, -0.2) is 0 Å². The van der Waals surface area contributed by atoms with Gasteiger partial charge in [-0.1, -0.05) is 26.7 Å². The number of nitrogens with zero attached hydrogens (tertiary/aromatic N) is 1. The van der Waals surface area contributed by atoms with Gasteiger partial charge >= 0.3 is 0 Å². The number of methoxy groups -OCH3 is 1. The van der Waals surface area contributed by atoms with E-state index in [4.69, 9.17) is 10.00 Å². The van der Waals surface area contributed by atoms with Crippen molar-refractivity contribution in [3.63, 3.8) is 0 Å². The van der Waals surface area contributed by atoms with Gasteiger partial charge in [0, 0.05) is 18.2 Å². The molecule has 0 radical (unpaired) electrons. The van der Waals surface area contributed by atoms with Gasteiger partial charge < -0.3 is 10.1 Å². The van der Waals surface area contributed by atoms with Crippen LogP contribution < -0.4 is 10.1 Å². The Morgan fingerprint density at radius 2 is 2.00 bits per heavy atom. The SMILES string of the molecule is COc1ccc(C#N)cc1CNC(C)CCCC(C)C. The Hall–Kier alpha value is -1.53. The molecule has 20 heavy (non-hydrogen) atoms. The van der Waals surface area contributed by atoms with Crippen molar-refractivity contribution in [2.75, 3.05) is 7.11 Å². The molecule has 0 heterocycles. The third kappa shape index (κ3) is 5.63. The lowest BCUT2D eigenvalue weighted by Gasteiger charge is -2.16. The molecule has 0 aliphatic carbocycles. The molecule has 0 aliphatic rings. The number of ether oxygens (including phenoxy) is 1. The largest absolute Gasteiger partial charge is 0.496 e. The van der Waals surface area contributed by atoms with Crippen LogP contribution in [0.4, 0.5) is 0 Å². The Morgan fingerprint density at radius 3 is 2.60 bits per heavy atom. The molecule has 0 aliphatic heterocycles. The maximum atomic E-state index is 8.96. The van der Waals surface area contributed by atoms with Gasteiger partial charge in [0.2, 0.25) is 0 Å². The van der Waals surface area contributed by atoms with Gasteiger partial charge in [-0.05, 0) is 37.5 Å². The Balaban J connectivity index is 2.50. The van der Waals surface area contributed by atoms with Crippen LogP contribution in [0, 0.1) is 17.2 Å². The summed E-state index contributed by atoms with van der Waals surface area (Å²) in [6.45, 7) is 7.47. The summed E-state index contributed by atoms with van der Waals surface area (Å²) in [7, 11) is 1.66. The van der Waals surface area contributed by atoms with Crippen LogP contribution in [0.1, 0.15) is 51.2 Å². The Labute approximate surface area is 123 Å². The van der Waals surface area contributed by atoms with Gasteiger partial charge in [0.15, 0.2) is 0 Å². The first-order valence-corrected chi connectivity index (χ1v) is 7.37. The zero-order valence-electron chi connectivity index (χ0n) is 13.1. The van der Waals surface area contributed by atoms with Crippen LogP contribution in [0.15, 0.2) is 18.2 Å². The molecule has 1 unspecified atom stereocenters. The van der Waals surface area contributed by atoms with E-state index in [0.717, 1.165) is 23.8 Å². The highest BCUT2D eigenvalue weighted by Gasteiger charge is 2.07. The molecule has 1 aromatic carbocycles. The summed E-state index contributed by atoms with van der Waals surface area (Å²) in [5, 5.41) is 12.5. The van der Waals surface area contributed by atoms with Gasteiger partial charge in [0.1, 0.15) is 5.75 Å². The third-order valence-electron chi connectivity index (χ3n) is 3.47. The minimum Gasteiger partial charge on any atom is -0.496 e. The van der Waals surface area contributed by atoms with Crippen molar-refractivity contribution in [3.05, 3.63) is 29.3 Å². The fourth-order valence-corrected chi connectivity index (χ4v) is 2.20. The fraction of sp³-hybridized carbons (Fsp3) is 0.588. The second kappa shape index (κ2) is 8.60. The summed E-state index contributed by atoms with van der Waals surface area (Å²) in [4.78, 5) is 0. The number of hydrogen-bond acceptors (Lipinski definition) is 3. The number of hydrogen-bond donors (Lipinski definition) is 1. The molecule has 0 saturated carbocycles. The maximum Gasteiger partial charge on any atom is 0.123 e. The first kappa shape index (κ1) is 16.5. The van der Waals surface area contributed by atoms with E-state index in [-0.39, 0.29) is 0 Å². The topological polar surface area (TPSA) is 45.0 Å². The van der Waals surface area contributed by atoms with Crippen molar-refractivity contribution in [1.82, 2.24) is 5.32 Å². The second-order valence-corrected chi connectivity index (χ2v) is 5.75. The summed E-state index contributed by atoms with van der Waals surface area (Å²) in [5.74, 6) is 1.61. The Kier molecular flexibility index (Phi) is 7.11. The van der Waals surface area contributed by atoms with Crippen LogP contribution in [0.5, 0.6) is 5.75 Å². The van der Waals surface area contributed by atoms with Crippen LogP contribution in [0.25, 0.3) is 0 Å². The molecule has 0 bridgehead atoms. The Bertz CT molecular complexity index is 449. The smallest absolute Gasteiger partial charge is 0.123 e. The van der Waals surface area contributed by atoms with Crippen molar-refractivity contribution in [1.29, 1.82) is 5.26 Å². The van der Waals surface area contributed by atoms with Gasteiger partial charge in [-0.15, -0.1) is 0 Å². The molecule has 1 aromatic rings. The van der Waals surface area contributed by atoms with Gasteiger partial charge in [-0.3, -0.25) is 0 Å². The number of benzene rings is 1. The van der Waals surface area contributed by atoms with E-state index < -0.39 is 0 Å². The van der Waals surface area contributed by atoms with Crippen LogP contribution in [0.3, 0.4) is 0 Å². The summed E-state index contributed by atoms with van der Waals surface area (Å²) >= 11 is 0. The molecule has 1 atom stereocenters. The van der Waals surface area contributed by atoms with E-state index in [9.17, 15) is 0 Å². The molecule has 3 nitrogen and oxygen atoms in total. The second-order valence-electron chi connectivity index (χ2n) is 5.75. The van der Waals surface area contributed by atoms with Gasteiger partial charge in [-0.2, -0.15) is 5.26 Å². The average Bonchev–Trinajstić information content (AvgIpc) is 2.44. The first-order valence-electron chi connectivity index (χ1n) is 7.37. The van der Waals surface area contributed by atoms with Gasteiger partial charge in [0.25, 0.3) is 0 Å². The van der Waals surface area contributed by atoms with Crippen LogP contribution >= 0.6 is 0 Å². The highest BCUT2D eigenvalue weighted by atomic mass is 16.5. The zero-order valence-corrected chi connectivity index (χ0v) is 13.1. The molecular weight excluding hydrogens is 248 g/mol. The maximum absolute atomic E-state index is 8.96. The quantitative estimate of drug-likeness (QED) is 0.782. The highest BCUT2D eigenvalue weighted by molar-refractivity contribution is 5.41. The fourth-order valence-electron chi connectivity index (χ4n) is 2.20. The zero-order chi connectivity index (χ0) is 15.0. The predicted molar refractivity (Wildman–Crippen MR) is 82.7 cm³/mol. The lowest BCUT2D eigenvalue weighted by Crippen LogP contribution is -2.25. The van der Waals surface area contributed by atoms with E-state index in [1.54, 1.807) is 13.2 Å². The molecular formula is C17H26N2O. The van der Waals surface area contributed by atoms with E-state index in [0.29, 0.717) is 11.6 Å². The van der Waals surface area contributed by atoms with Crippen molar-refractivity contribution in [2.24, 2.45) is 5.92 Å². The van der Waals surface area contributed by atoms with Crippen molar-refractivity contribution < 1.29 is 4.74 Å². The lowest BCUT2D eigenvalue weighted by atomic mass is 10.0. The monoisotopic (exact) mass is 274 g/mol. The average molecular weight is 274 g/mol. The Morgan fingerprint density at radius 1 is 1.25 bits per heavy atom. The minimum atomic E-state index is 0.476. The molecule has 0 spiro atoms. The number of nitrogens with one attached hydrogen (secondary N) is 1. The lowest BCUT2D eigenvalue weighted by molar-refractivity contribution is 0.402. The number of rotatable bonds is 8. The van der Waals surface area contributed by atoms with E-state index in [2.05, 4.69) is 32.2 Å². The van der Waals surface area contributed by atoms with Gasteiger partial charge in [0.05, 0.1) is 18.7 Å². The molecule has 0 amide bonds. The van der Waals surface area contributed by atoms with Crippen LogP contribution in [-0.2, 0) is 6.54 Å². The van der Waals surface area contributed by atoms with Crippen LogP contribution in [-0.4, -0.2) is 13.2 Å². The summed E-state index contributed by atoms with van der Waals surface area (Å²) in [5.41, 5.74) is 1.72. The molecule has 0 saturated heterocycles.